The zero-order valence-electron chi connectivity index (χ0n) is 15.3. The summed E-state index contributed by atoms with van der Waals surface area (Å²) in [5, 5.41) is 1.17. The number of aryl methyl sites for hydroxylation is 3. The van der Waals surface area contributed by atoms with Crippen molar-refractivity contribution in [3.63, 3.8) is 0 Å². The molecule has 0 atom stereocenters. The van der Waals surface area contributed by atoms with E-state index in [1.54, 1.807) is 7.11 Å². The van der Waals surface area contributed by atoms with Crippen molar-refractivity contribution in [3.8, 4) is 0 Å². The number of rotatable bonds is 5. The van der Waals surface area contributed by atoms with Crippen LogP contribution in [-0.2, 0) is 17.7 Å². The number of imidazole rings is 1. The van der Waals surface area contributed by atoms with Gasteiger partial charge in [-0.1, -0.05) is 19.1 Å². The molecule has 3 aromatic heterocycles. The van der Waals surface area contributed by atoms with Gasteiger partial charge in [-0.15, -0.1) is 0 Å². The number of fused-ring (bicyclic) bond motifs is 5. The fourth-order valence-corrected chi connectivity index (χ4v) is 3.73. The van der Waals surface area contributed by atoms with Crippen LogP contribution in [0.3, 0.4) is 0 Å². The van der Waals surface area contributed by atoms with Crippen molar-refractivity contribution in [2.45, 2.75) is 40.2 Å². The molecule has 0 N–H and O–H groups in total. The lowest BCUT2D eigenvalue weighted by atomic mass is 10.2. The van der Waals surface area contributed by atoms with Crippen molar-refractivity contribution >= 4 is 27.7 Å². The monoisotopic (exact) mass is 336 g/mol. The maximum absolute atomic E-state index is 5.23. The predicted molar refractivity (Wildman–Crippen MR) is 101 cm³/mol. The summed E-state index contributed by atoms with van der Waals surface area (Å²) in [4.78, 5) is 10.00. The van der Waals surface area contributed by atoms with Crippen molar-refractivity contribution in [3.05, 3.63) is 41.3 Å². The van der Waals surface area contributed by atoms with Gasteiger partial charge in [-0.2, -0.15) is 0 Å². The van der Waals surface area contributed by atoms with Gasteiger partial charge in [0.15, 0.2) is 5.65 Å². The first-order valence-corrected chi connectivity index (χ1v) is 8.91. The molecular weight excluding hydrogens is 312 g/mol. The maximum atomic E-state index is 5.23. The number of para-hydroxylation sites is 2. The largest absolute Gasteiger partial charge is 0.385 e. The molecular formula is C20H24N4O. The lowest BCUT2D eigenvalue weighted by Crippen LogP contribution is -2.07. The third-order valence-electron chi connectivity index (χ3n) is 5.13. The van der Waals surface area contributed by atoms with Crippen LogP contribution in [-0.4, -0.2) is 32.7 Å². The van der Waals surface area contributed by atoms with Gasteiger partial charge in [-0.3, -0.25) is 4.40 Å². The van der Waals surface area contributed by atoms with Crippen LogP contribution in [0.15, 0.2) is 24.3 Å². The second-order valence-corrected chi connectivity index (χ2v) is 6.55. The molecule has 0 spiro atoms. The van der Waals surface area contributed by atoms with Gasteiger partial charge >= 0.3 is 0 Å². The predicted octanol–water partition coefficient (Wildman–Crippen LogP) is 4.05. The van der Waals surface area contributed by atoms with Crippen LogP contribution in [0.4, 0.5) is 0 Å². The summed E-state index contributed by atoms with van der Waals surface area (Å²) in [5.74, 6) is 1.06. The summed E-state index contributed by atoms with van der Waals surface area (Å²) in [6.07, 6.45) is 1.85. The highest BCUT2D eigenvalue weighted by atomic mass is 16.5. The van der Waals surface area contributed by atoms with E-state index in [1.165, 1.54) is 16.6 Å². The van der Waals surface area contributed by atoms with Crippen LogP contribution in [0.2, 0.25) is 0 Å². The summed E-state index contributed by atoms with van der Waals surface area (Å²) in [6, 6.07) is 8.30. The van der Waals surface area contributed by atoms with E-state index in [9.17, 15) is 0 Å². The van der Waals surface area contributed by atoms with Gasteiger partial charge in [0.1, 0.15) is 11.5 Å². The van der Waals surface area contributed by atoms with Gasteiger partial charge in [0.05, 0.1) is 16.4 Å². The Hall–Kier alpha value is -2.40. The van der Waals surface area contributed by atoms with Crippen molar-refractivity contribution in [1.82, 2.24) is 18.9 Å². The molecule has 130 valence electrons. The first-order valence-electron chi connectivity index (χ1n) is 8.91. The first-order chi connectivity index (χ1) is 12.2. The van der Waals surface area contributed by atoms with Gasteiger partial charge in [0.2, 0.25) is 0 Å². The summed E-state index contributed by atoms with van der Waals surface area (Å²) in [7, 11) is 1.75. The molecule has 0 amide bonds. The van der Waals surface area contributed by atoms with Gasteiger partial charge in [-0.25, -0.2) is 9.97 Å². The van der Waals surface area contributed by atoms with Crippen LogP contribution in [0, 0.1) is 13.8 Å². The van der Waals surface area contributed by atoms with Crippen molar-refractivity contribution < 1.29 is 4.74 Å². The Morgan fingerprint density at radius 1 is 1.08 bits per heavy atom. The Morgan fingerprint density at radius 2 is 1.88 bits per heavy atom. The number of benzene rings is 1. The fraction of sp³-hybridized carbons (Fsp3) is 0.400. The molecule has 0 aliphatic heterocycles. The lowest BCUT2D eigenvalue weighted by Gasteiger charge is -2.09. The van der Waals surface area contributed by atoms with Crippen LogP contribution in [0.5, 0.6) is 0 Å². The molecule has 0 aliphatic rings. The Kier molecular flexibility index (Phi) is 3.96. The molecule has 0 fully saturated rings. The van der Waals surface area contributed by atoms with Crippen molar-refractivity contribution in [2.24, 2.45) is 0 Å². The Balaban J connectivity index is 2.08. The molecule has 0 saturated carbocycles. The minimum absolute atomic E-state index is 0.758. The minimum Gasteiger partial charge on any atom is -0.385 e. The number of ether oxygens (including phenoxy) is 1. The van der Waals surface area contributed by atoms with E-state index in [-0.39, 0.29) is 0 Å². The smallest absolute Gasteiger partial charge is 0.150 e. The van der Waals surface area contributed by atoms with E-state index in [0.29, 0.717) is 0 Å². The van der Waals surface area contributed by atoms with Crippen LogP contribution in [0.25, 0.3) is 27.7 Å². The molecule has 1 aromatic carbocycles. The van der Waals surface area contributed by atoms with Gasteiger partial charge in [0, 0.05) is 32.4 Å². The number of hydrogen-bond donors (Lipinski definition) is 0. The topological polar surface area (TPSA) is 44.3 Å². The number of nitrogens with zero attached hydrogens (tertiary/aromatic N) is 4. The van der Waals surface area contributed by atoms with Gasteiger partial charge in [0.25, 0.3) is 0 Å². The molecule has 0 aliphatic carbocycles. The van der Waals surface area contributed by atoms with E-state index in [4.69, 9.17) is 14.7 Å². The number of aromatic nitrogens is 4. The standard InChI is InChI=1S/C20H24N4O/c1-5-17-22-19-18(13(2)14(3)23(19)11-8-12-25-4)20-21-15-9-6-7-10-16(15)24(17)20/h6-7,9-10H,5,8,11-12H2,1-4H3. The average molecular weight is 336 g/mol. The molecule has 5 heteroatoms. The SMILES string of the molecule is CCc1nc2c(c(C)c(C)n2CCCOC)c2nc3ccccc3n12. The number of methoxy groups -OCH3 is 1. The van der Waals surface area contributed by atoms with Crippen LogP contribution >= 0.6 is 0 Å². The Labute approximate surface area is 147 Å². The average Bonchev–Trinajstić information content (AvgIpc) is 3.12. The Bertz CT molecular complexity index is 1070. The molecule has 0 radical (unpaired) electrons. The molecule has 4 aromatic rings. The normalized spacial score (nSPS) is 12.0. The highest BCUT2D eigenvalue weighted by molar-refractivity contribution is 5.98. The molecule has 4 rings (SSSR count). The first kappa shape index (κ1) is 16.1. The zero-order chi connectivity index (χ0) is 17.6. The van der Waals surface area contributed by atoms with Crippen LogP contribution < -0.4 is 0 Å². The summed E-state index contributed by atoms with van der Waals surface area (Å²) < 4.78 is 9.77. The van der Waals surface area contributed by atoms with Gasteiger partial charge < -0.3 is 9.30 Å². The number of hydrogen-bond acceptors (Lipinski definition) is 3. The maximum Gasteiger partial charge on any atom is 0.150 e. The third kappa shape index (κ3) is 2.34. The highest BCUT2D eigenvalue weighted by Gasteiger charge is 2.20. The molecule has 0 unspecified atom stereocenters. The van der Waals surface area contributed by atoms with E-state index in [2.05, 4.69) is 47.9 Å². The second-order valence-electron chi connectivity index (χ2n) is 6.55. The summed E-state index contributed by atoms with van der Waals surface area (Å²) >= 11 is 0. The quantitative estimate of drug-likeness (QED) is 0.516. The fourth-order valence-electron chi connectivity index (χ4n) is 3.73. The van der Waals surface area contributed by atoms with Crippen molar-refractivity contribution in [1.29, 1.82) is 0 Å². The summed E-state index contributed by atoms with van der Waals surface area (Å²) in [5.41, 5.74) is 6.76. The lowest BCUT2D eigenvalue weighted by molar-refractivity contribution is 0.190. The highest BCUT2D eigenvalue weighted by Crippen LogP contribution is 2.31. The van der Waals surface area contributed by atoms with Crippen LogP contribution in [0.1, 0.15) is 30.4 Å². The third-order valence-corrected chi connectivity index (χ3v) is 5.13. The summed E-state index contributed by atoms with van der Waals surface area (Å²) in [6.45, 7) is 8.18. The molecule has 0 saturated heterocycles. The van der Waals surface area contributed by atoms with Gasteiger partial charge in [-0.05, 0) is 38.0 Å². The van der Waals surface area contributed by atoms with E-state index in [1.807, 2.05) is 6.07 Å². The molecule has 25 heavy (non-hydrogen) atoms. The molecule has 3 heterocycles. The molecule has 0 bridgehead atoms. The second kappa shape index (κ2) is 6.15. The van der Waals surface area contributed by atoms with E-state index in [0.717, 1.165) is 54.1 Å². The van der Waals surface area contributed by atoms with E-state index < -0.39 is 0 Å². The zero-order valence-corrected chi connectivity index (χ0v) is 15.3. The van der Waals surface area contributed by atoms with Crippen molar-refractivity contribution in [2.75, 3.05) is 13.7 Å². The molecule has 5 nitrogen and oxygen atoms in total. The minimum atomic E-state index is 0.758. The Morgan fingerprint density at radius 3 is 2.64 bits per heavy atom. The van der Waals surface area contributed by atoms with E-state index >= 15 is 0 Å².